The highest BCUT2D eigenvalue weighted by atomic mass is 16.6. The molecular weight excluding hydrogens is 228 g/mol. The monoisotopic (exact) mass is 238 g/mol. The summed E-state index contributed by atoms with van der Waals surface area (Å²) in [6.45, 7) is 3.25. The number of hydrogen-bond acceptors (Lipinski definition) is 5. The van der Waals surface area contributed by atoms with E-state index in [1.54, 1.807) is 0 Å². The number of rotatable bonds is 4. The van der Waals surface area contributed by atoms with Gasteiger partial charge in [0.15, 0.2) is 5.75 Å². The van der Waals surface area contributed by atoms with Gasteiger partial charge in [-0.25, -0.2) is 0 Å². The van der Waals surface area contributed by atoms with Gasteiger partial charge >= 0.3 is 5.69 Å². The van der Waals surface area contributed by atoms with Crippen LogP contribution in [0.1, 0.15) is 0 Å². The van der Waals surface area contributed by atoms with E-state index in [0.29, 0.717) is 0 Å². The number of nitrogens with one attached hydrogen (secondary N) is 1. The minimum Gasteiger partial charge on any atom is -0.500 e. The molecule has 1 amide bonds. The smallest absolute Gasteiger partial charge is 0.316 e. The van der Waals surface area contributed by atoms with Gasteiger partial charge in [-0.1, -0.05) is 6.58 Å². The summed E-state index contributed by atoms with van der Waals surface area (Å²) in [4.78, 5) is 20.9. The lowest BCUT2D eigenvalue weighted by molar-refractivity contribution is -0.385. The third-order valence-corrected chi connectivity index (χ3v) is 1.92. The minimum absolute atomic E-state index is 0.0986. The van der Waals surface area contributed by atoms with Gasteiger partial charge in [0, 0.05) is 12.1 Å². The standard InChI is InChI=1S/C10H10N2O5/c1-3-9(13)11-6-4-7(12(15)16)10(14)8(5-6)17-2/h3-5,14H,1H2,2H3,(H,11,13). The summed E-state index contributed by atoms with van der Waals surface area (Å²) in [5.74, 6) is -1.21. The molecule has 1 aromatic rings. The van der Waals surface area contributed by atoms with Gasteiger partial charge in [0.25, 0.3) is 0 Å². The van der Waals surface area contributed by atoms with Crippen molar-refractivity contribution in [3.05, 3.63) is 34.9 Å². The number of aromatic hydroxyl groups is 1. The Morgan fingerprint density at radius 3 is 2.76 bits per heavy atom. The van der Waals surface area contributed by atoms with E-state index < -0.39 is 22.3 Å². The van der Waals surface area contributed by atoms with Crippen molar-refractivity contribution in [2.75, 3.05) is 12.4 Å². The lowest BCUT2D eigenvalue weighted by atomic mass is 10.2. The van der Waals surface area contributed by atoms with Crippen LogP contribution < -0.4 is 10.1 Å². The van der Waals surface area contributed by atoms with Crippen molar-refractivity contribution in [1.29, 1.82) is 0 Å². The van der Waals surface area contributed by atoms with E-state index in [-0.39, 0.29) is 11.4 Å². The van der Waals surface area contributed by atoms with Crippen molar-refractivity contribution >= 4 is 17.3 Å². The molecule has 0 bridgehead atoms. The van der Waals surface area contributed by atoms with Crippen LogP contribution in [0.2, 0.25) is 0 Å². The van der Waals surface area contributed by atoms with E-state index in [2.05, 4.69) is 11.9 Å². The average molecular weight is 238 g/mol. The molecule has 1 aromatic carbocycles. The Morgan fingerprint density at radius 1 is 1.65 bits per heavy atom. The molecule has 7 heteroatoms. The maximum absolute atomic E-state index is 11.0. The molecular formula is C10H10N2O5. The first kappa shape index (κ1) is 12.5. The Balaban J connectivity index is 3.24. The van der Waals surface area contributed by atoms with E-state index >= 15 is 0 Å². The van der Waals surface area contributed by atoms with Gasteiger partial charge in [-0.2, -0.15) is 0 Å². The van der Waals surface area contributed by atoms with Crippen molar-refractivity contribution < 1.29 is 19.6 Å². The maximum Gasteiger partial charge on any atom is 0.316 e. The van der Waals surface area contributed by atoms with Crippen LogP contribution in [0.3, 0.4) is 0 Å². The number of anilines is 1. The third-order valence-electron chi connectivity index (χ3n) is 1.92. The lowest BCUT2D eigenvalue weighted by Gasteiger charge is -2.07. The summed E-state index contributed by atoms with van der Waals surface area (Å²) < 4.78 is 4.76. The number of ether oxygens (including phenoxy) is 1. The predicted molar refractivity (Wildman–Crippen MR) is 60.1 cm³/mol. The van der Waals surface area contributed by atoms with Crippen LogP contribution >= 0.6 is 0 Å². The van der Waals surface area contributed by atoms with Gasteiger partial charge in [-0.3, -0.25) is 14.9 Å². The van der Waals surface area contributed by atoms with Gasteiger partial charge in [-0.15, -0.1) is 0 Å². The van der Waals surface area contributed by atoms with Crippen LogP contribution in [0.4, 0.5) is 11.4 Å². The van der Waals surface area contributed by atoms with Gasteiger partial charge in [-0.05, 0) is 6.08 Å². The molecule has 0 heterocycles. The molecule has 0 aliphatic heterocycles. The summed E-state index contributed by atoms with van der Waals surface area (Å²) in [6.07, 6.45) is 1.02. The molecule has 0 atom stereocenters. The first-order valence-corrected chi connectivity index (χ1v) is 4.48. The van der Waals surface area contributed by atoms with Crippen LogP contribution in [0, 0.1) is 10.1 Å². The fraction of sp³-hybridized carbons (Fsp3) is 0.100. The zero-order chi connectivity index (χ0) is 13.0. The Morgan fingerprint density at radius 2 is 2.29 bits per heavy atom. The highest BCUT2D eigenvalue weighted by Crippen LogP contribution is 2.38. The topological polar surface area (TPSA) is 102 Å². The number of benzene rings is 1. The Hall–Kier alpha value is -2.57. The number of hydrogen-bond donors (Lipinski definition) is 2. The van der Waals surface area contributed by atoms with Gasteiger partial charge in [0.05, 0.1) is 17.7 Å². The zero-order valence-corrected chi connectivity index (χ0v) is 8.97. The van der Waals surface area contributed by atoms with E-state index in [9.17, 15) is 20.0 Å². The highest BCUT2D eigenvalue weighted by Gasteiger charge is 2.20. The number of carbonyl (C=O) groups is 1. The first-order valence-electron chi connectivity index (χ1n) is 4.48. The number of carbonyl (C=O) groups excluding carboxylic acids is 1. The van der Waals surface area contributed by atoms with Crippen molar-refractivity contribution in [1.82, 2.24) is 0 Å². The quantitative estimate of drug-likeness (QED) is 0.357. The van der Waals surface area contributed by atoms with Crippen LogP contribution in [0.5, 0.6) is 11.5 Å². The fourth-order valence-corrected chi connectivity index (χ4v) is 1.15. The van der Waals surface area contributed by atoms with E-state index in [4.69, 9.17) is 4.74 Å². The molecule has 0 fully saturated rings. The summed E-state index contributed by atoms with van der Waals surface area (Å²) in [6, 6.07) is 2.29. The van der Waals surface area contributed by atoms with Crippen molar-refractivity contribution in [3.8, 4) is 11.5 Å². The van der Waals surface area contributed by atoms with Gasteiger partial charge in [0.1, 0.15) is 0 Å². The number of phenols is 1. The molecule has 1 rings (SSSR count). The first-order chi connectivity index (χ1) is 7.99. The average Bonchev–Trinajstić information content (AvgIpc) is 2.30. The van der Waals surface area contributed by atoms with E-state index in [1.165, 1.54) is 13.2 Å². The van der Waals surface area contributed by atoms with E-state index in [1.807, 2.05) is 0 Å². The molecule has 0 aliphatic rings. The second-order valence-corrected chi connectivity index (χ2v) is 3.00. The summed E-state index contributed by atoms with van der Waals surface area (Å²) >= 11 is 0. The Bertz CT molecular complexity index is 484. The summed E-state index contributed by atoms with van der Waals surface area (Å²) in [7, 11) is 1.25. The van der Waals surface area contributed by atoms with Gasteiger partial charge in [0.2, 0.25) is 11.7 Å². The van der Waals surface area contributed by atoms with Gasteiger partial charge < -0.3 is 15.2 Å². The maximum atomic E-state index is 11.0. The lowest BCUT2D eigenvalue weighted by Crippen LogP contribution is -2.07. The Labute approximate surface area is 96.5 Å². The Kier molecular flexibility index (Phi) is 3.66. The largest absolute Gasteiger partial charge is 0.500 e. The third kappa shape index (κ3) is 2.71. The normalized spacial score (nSPS) is 9.47. The van der Waals surface area contributed by atoms with Crippen molar-refractivity contribution in [2.24, 2.45) is 0 Å². The fourth-order valence-electron chi connectivity index (χ4n) is 1.15. The summed E-state index contributed by atoms with van der Waals surface area (Å²) in [5.41, 5.74) is -0.417. The van der Waals surface area contributed by atoms with Crippen LogP contribution in [0.15, 0.2) is 24.8 Å². The molecule has 0 saturated carbocycles. The predicted octanol–water partition coefficient (Wildman–Crippen LogP) is 1.43. The van der Waals surface area contributed by atoms with E-state index in [0.717, 1.165) is 12.1 Å². The molecule has 17 heavy (non-hydrogen) atoms. The number of methoxy groups -OCH3 is 1. The number of phenolic OH excluding ortho intramolecular Hbond substituents is 1. The number of nitro benzene ring substituents is 1. The SMILES string of the molecule is C=CC(=O)Nc1cc(OC)c(O)c([N+](=O)[O-])c1. The molecule has 0 saturated heterocycles. The zero-order valence-electron chi connectivity index (χ0n) is 8.97. The number of amides is 1. The second-order valence-electron chi connectivity index (χ2n) is 3.00. The molecule has 0 unspecified atom stereocenters. The molecule has 2 N–H and O–H groups in total. The van der Waals surface area contributed by atoms with Crippen LogP contribution in [0.25, 0.3) is 0 Å². The van der Waals surface area contributed by atoms with Crippen molar-refractivity contribution in [2.45, 2.75) is 0 Å². The highest BCUT2D eigenvalue weighted by molar-refractivity contribution is 5.99. The molecule has 90 valence electrons. The molecule has 0 radical (unpaired) electrons. The van der Waals surface area contributed by atoms with Crippen LogP contribution in [-0.4, -0.2) is 23.0 Å². The number of nitrogens with zero attached hydrogens (tertiary/aromatic N) is 1. The molecule has 0 spiro atoms. The number of nitro groups is 1. The summed E-state index contributed by atoms with van der Waals surface area (Å²) in [5, 5.41) is 22.5. The second kappa shape index (κ2) is 4.97. The molecule has 0 aliphatic carbocycles. The van der Waals surface area contributed by atoms with Crippen molar-refractivity contribution in [3.63, 3.8) is 0 Å². The minimum atomic E-state index is -0.776. The molecule has 7 nitrogen and oxygen atoms in total. The molecule has 0 aromatic heterocycles. The van der Waals surface area contributed by atoms with Crippen LogP contribution in [-0.2, 0) is 4.79 Å².